The summed E-state index contributed by atoms with van der Waals surface area (Å²) in [7, 11) is 0. The Balaban J connectivity index is 1.03. The van der Waals surface area contributed by atoms with Gasteiger partial charge in [0.15, 0.2) is 0 Å². The molecule has 6 nitrogen and oxygen atoms in total. The highest BCUT2D eigenvalue weighted by Gasteiger charge is 2.26. The summed E-state index contributed by atoms with van der Waals surface area (Å²) in [6.45, 7) is 12.5. The molecule has 0 saturated heterocycles. The molecular weight excluding hydrogens is 624 g/mol. The van der Waals surface area contributed by atoms with Gasteiger partial charge in [-0.15, -0.1) is 0 Å². The summed E-state index contributed by atoms with van der Waals surface area (Å²) in [5.41, 5.74) is 7.81. The van der Waals surface area contributed by atoms with E-state index in [-0.39, 0.29) is 12.7 Å². The molecule has 4 aromatic carbocycles. The third-order valence-electron chi connectivity index (χ3n) is 9.05. The average molecular weight is 677 g/mol. The summed E-state index contributed by atoms with van der Waals surface area (Å²) in [6.07, 6.45) is 12.6. The fourth-order valence-corrected chi connectivity index (χ4v) is 6.29. The van der Waals surface area contributed by atoms with Crippen LogP contribution in [0.5, 0.6) is 23.0 Å². The van der Waals surface area contributed by atoms with Crippen LogP contribution in [-0.4, -0.2) is 33.2 Å². The molecule has 0 fully saturated rings. The number of hydrogen-bond acceptors (Lipinski definition) is 6. The van der Waals surface area contributed by atoms with Gasteiger partial charge in [0.25, 0.3) is 0 Å². The summed E-state index contributed by atoms with van der Waals surface area (Å²) in [4.78, 5) is 0. The Kier molecular flexibility index (Phi) is 14.6. The lowest BCUT2D eigenvalue weighted by Gasteiger charge is -2.12. The molecule has 0 radical (unpaired) electrons. The summed E-state index contributed by atoms with van der Waals surface area (Å²) >= 11 is 0. The van der Waals surface area contributed by atoms with Gasteiger partial charge < -0.3 is 28.4 Å². The lowest BCUT2D eigenvalue weighted by atomic mass is 9.95. The molecule has 264 valence electrons. The number of fused-ring (bicyclic) bond motifs is 3. The second-order valence-corrected chi connectivity index (χ2v) is 12.7. The Morgan fingerprint density at radius 1 is 0.480 bits per heavy atom. The summed E-state index contributed by atoms with van der Waals surface area (Å²) in [6, 6.07) is 29.5. The molecular formula is C44H52O6. The Morgan fingerprint density at radius 3 is 1.50 bits per heavy atom. The van der Waals surface area contributed by atoms with Gasteiger partial charge in [0, 0.05) is 5.92 Å². The van der Waals surface area contributed by atoms with E-state index in [9.17, 15) is 0 Å². The molecule has 0 bridgehead atoms. The largest absolute Gasteiger partial charge is 0.502 e. The maximum Gasteiger partial charge on any atom is 0.230 e. The van der Waals surface area contributed by atoms with Crippen molar-refractivity contribution in [2.45, 2.75) is 70.6 Å². The first kappa shape index (κ1) is 36.4. The maximum atomic E-state index is 6.02. The lowest BCUT2D eigenvalue weighted by molar-refractivity contribution is 0.119. The third kappa shape index (κ3) is 11.1. The van der Waals surface area contributed by atoms with Crippen molar-refractivity contribution >= 4 is 0 Å². The van der Waals surface area contributed by atoms with E-state index >= 15 is 0 Å². The molecule has 0 aromatic heterocycles. The van der Waals surface area contributed by atoms with E-state index < -0.39 is 0 Å². The van der Waals surface area contributed by atoms with Gasteiger partial charge in [-0.2, -0.15) is 0 Å². The highest BCUT2D eigenvalue weighted by atomic mass is 16.7. The van der Waals surface area contributed by atoms with Gasteiger partial charge in [0.2, 0.25) is 6.79 Å². The number of ether oxygens (including phenoxy) is 6. The van der Waals surface area contributed by atoms with E-state index in [4.69, 9.17) is 28.4 Å². The van der Waals surface area contributed by atoms with Crippen LogP contribution in [-0.2, 0) is 15.9 Å². The highest BCUT2D eigenvalue weighted by Crippen LogP contribution is 2.46. The molecule has 0 spiro atoms. The van der Waals surface area contributed by atoms with Gasteiger partial charge in [-0.25, -0.2) is 0 Å². The maximum absolute atomic E-state index is 6.02. The minimum atomic E-state index is 0.135. The number of hydrogen-bond donors (Lipinski definition) is 0. The van der Waals surface area contributed by atoms with E-state index in [1.165, 1.54) is 45.9 Å². The Labute approximate surface area is 298 Å². The first-order valence-corrected chi connectivity index (χ1v) is 18.1. The zero-order valence-electron chi connectivity index (χ0n) is 29.6. The van der Waals surface area contributed by atoms with Crippen molar-refractivity contribution in [3.63, 3.8) is 0 Å². The first-order chi connectivity index (χ1) is 24.6. The zero-order valence-corrected chi connectivity index (χ0v) is 29.6. The molecule has 0 heterocycles. The van der Waals surface area contributed by atoms with Crippen molar-refractivity contribution in [3.05, 3.63) is 133 Å². The number of benzene rings is 4. The molecule has 1 unspecified atom stereocenters. The van der Waals surface area contributed by atoms with Crippen LogP contribution in [0.4, 0.5) is 0 Å². The van der Waals surface area contributed by atoms with E-state index in [1.807, 2.05) is 30.3 Å². The Bertz CT molecular complexity index is 1610. The molecule has 1 atom stereocenters. The summed E-state index contributed by atoms with van der Waals surface area (Å²) < 4.78 is 34.1. The van der Waals surface area contributed by atoms with Gasteiger partial charge in [-0.3, -0.25) is 0 Å². The normalized spacial score (nSPS) is 12.8. The minimum Gasteiger partial charge on any atom is -0.502 e. The monoisotopic (exact) mass is 676 g/mol. The topological polar surface area (TPSA) is 55.4 Å². The van der Waals surface area contributed by atoms with Gasteiger partial charge >= 0.3 is 0 Å². The van der Waals surface area contributed by atoms with Crippen molar-refractivity contribution in [1.29, 1.82) is 0 Å². The van der Waals surface area contributed by atoms with Gasteiger partial charge in [0.1, 0.15) is 23.0 Å². The lowest BCUT2D eigenvalue weighted by Crippen LogP contribution is -2.06. The van der Waals surface area contributed by atoms with Crippen molar-refractivity contribution in [3.8, 4) is 34.1 Å². The fourth-order valence-electron chi connectivity index (χ4n) is 6.29. The summed E-state index contributed by atoms with van der Waals surface area (Å²) in [5.74, 6) is 3.61. The molecule has 0 aliphatic heterocycles. The highest BCUT2D eigenvalue weighted by molar-refractivity contribution is 5.79. The SMILES string of the molecule is C=COCCCCCCOc1ccc(Cc2ccc3c(c2)C(C)c2cc(OCOc4ccc(OCCCCCCOC=C)cc4)ccc2-3)cc1. The van der Waals surface area contributed by atoms with Crippen LogP contribution in [0, 0.1) is 0 Å². The van der Waals surface area contributed by atoms with Crippen molar-refractivity contribution < 1.29 is 28.4 Å². The first-order valence-electron chi connectivity index (χ1n) is 18.1. The van der Waals surface area contributed by atoms with Gasteiger partial charge in [0.05, 0.1) is 39.0 Å². The Hall–Kier alpha value is -4.84. The van der Waals surface area contributed by atoms with Crippen molar-refractivity contribution in [2.24, 2.45) is 0 Å². The number of rotatable bonds is 24. The molecule has 1 aliphatic rings. The standard InChI is InChI=1S/C44H52O6/c1-4-45-26-10-6-8-12-28-47-37-17-14-35(15-18-37)30-36-16-24-41-42-25-23-40(32-44(42)34(3)43(41)31-36)50-33-49-39-21-19-38(20-22-39)48-29-13-9-7-11-27-46-5-2/h4-5,14-25,31-32,34H,1-2,6-13,26-30,33H2,3H3. The van der Waals surface area contributed by atoms with Crippen LogP contribution < -0.4 is 18.9 Å². The molecule has 1 aliphatic carbocycles. The van der Waals surface area contributed by atoms with Crippen LogP contribution in [0.25, 0.3) is 11.1 Å². The third-order valence-corrected chi connectivity index (χ3v) is 9.05. The minimum absolute atomic E-state index is 0.135. The van der Waals surface area contributed by atoms with E-state index in [0.717, 1.165) is 101 Å². The predicted molar refractivity (Wildman–Crippen MR) is 201 cm³/mol. The zero-order chi connectivity index (χ0) is 34.8. The molecule has 0 amide bonds. The molecule has 0 saturated carbocycles. The smallest absolute Gasteiger partial charge is 0.230 e. The molecule has 4 aromatic rings. The molecule has 0 N–H and O–H groups in total. The molecule has 6 heteroatoms. The van der Waals surface area contributed by atoms with E-state index in [2.05, 4.69) is 74.7 Å². The van der Waals surface area contributed by atoms with Crippen LogP contribution in [0.2, 0.25) is 0 Å². The second-order valence-electron chi connectivity index (χ2n) is 12.7. The second kappa shape index (κ2) is 20.0. The van der Waals surface area contributed by atoms with Crippen molar-refractivity contribution in [2.75, 3.05) is 33.2 Å². The van der Waals surface area contributed by atoms with Crippen LogP contribution in [0.3, 0.4) is 0 Å². The van der Waals surface area contributed by atoms with Gasteiger partial charge in [-0.1, -0.05) is 56.5 Å². The van der Waals surface area contributed by atoms with E-state index in [0.29, 0.717) is 6.61 Å². The van der Waals surface area contributed by atoms with Crippen LogP contribution in [0.1, 0.15) is 86.5 Å². The van der Waals surface area contributed by atoms with E-state index in [1.54, 1.807) is 0 Å². The summed E-state index contributed by atoms with van der Waals surface area (Å²) in [5, 5.41) is 0. The van der Waals surface area contributed by atoms with Crippen LogP contribution in [0.15, 0.2) is 111 Å². The Morgan fingerprint density at radius 2 is 0.920 bits per heavy atom. The van der Waals surface area contributed by atoms with Crippen molar-refractivity contribution in [1.82, 2.24) is 0 Å². The fraction of sp³-hybridized carbons (Fsp3) is 0.364. The molecule has 50 heavy (non-hydrogen) atoms. The molecule has 5 rings (SSSR count). The van der Waals surface area contributed by atoms with Crippen LogP contribution >= 0.6 is 0 Å². The predicted octanol–water partition coefficient (Wildman–Crippen LogP) is 11.0. The quantitative estimate of drug-likeness (QED) is 0.0418. The van der Waals surface area contributed by atoms with Gasteiger partial charge in [-0.05, 0) is 140 Å². The number of unbranched alkanes of at least 4 members (excludes halogenated alkanes) is 6. The average Bonchev–Trinajstić information content (AvgIpc) is 3.42.